The van der Waals surface area contributed by atoms with Crippen molar-refractivity contribution in [1.82, 2.24) is 4.98 Å². The summed E-state index contributed by atoms with van der Waals surface area (Å²) < 4.78 is 5.63. The molecule has 0 saturated carbocycles. The zero-order chi connectivity index (χ0) is 16.0. The smallest absolute Gasteiger partial charge is 0.353 e. The lowest BCUT2D eigenvalue weighted by atomic mass is 10.0. The molecule has 6 heteroatoms. The highest BCUT2D eigenvalue weighted by Crippen LogP contribution is 2.39. The minimum absolute atomic E-state index is 0.0644. The highest BCUT2D eigenvalue weighted by molar-refractivity contribution is 6.35. The van der Waals surface area contributed by atoms with Crippen LogP contribution < -0.4 is 0 Å². The molecular weight excluding hydrogens is 325 g/mol. The van der Waals surface area contributed by atoms with E-state index in [1.165, 1.54) is 0 Å². The Labute approximate surface area is 136 Å². The van der Waals surface area contributed by atoms with Gasteiger partial charge in [-0.1, -0.05) is 37.0 Å². The number of fused-ring (bicyclic) bond motifs is 1. The van der Waals surface area contributed by atoms with Crippen LogP contribution in [0, 0.1) is 0 Å². The summed E-state index contributed by atoms with van der Waals surface area (Å²) >= 11 is 12.1. The fourth-order valence-corrected chi connectivity index (χ4v) is 3.07. The second kappa shape index (κ2) is 5.38. The van der Waals surface area contributed by atoms with Crippen LogP contribution in [0.2, 0.25) is 10.0 Å². The van der Waals surface area contributed by atoms with Gasteiger partial charge in [0.2, 0.25) is 0 Å². The van der Waals surface area contributed by atoms with Gasteiger partial charge in [0.1, 0.15) is 5.69 Å². The number of carboxylic acid groups (broad SMARTS) is 1. The molecule has 0 saturated heterocycles. The predicted octanol–water partition coefficient (Wildman–Crippen LogP) is 5.56. The van der Waals surface area contributed by atoms with Crippen molar-refractivity contribution in [2.75, 3.05) is 0 Å². The molecule has 114 valence electrons. The largest absolute Gasteiger partial charge is 0.477 e. The van der Waals surface area contributed by atoms with E-state index >= 15 is 0 Å². The minimum atomic E-state index is -1.06. The average Bonchev–Trinajstić information content (AvgIpc) is 2.94. The van der Waals surface area contributed by atoms with Crippen molar-refractivity contribution < 1.29 is 14.3 Å². The van der Waals surface area contributed by atoms with E-state index in [0.29, 0.717) is 32.3 Å². The molecular formula is C16H13Cl2NO3. The quantitative estimate of drug-likeness (QED) is 0.657. The number of carbonyl (C=O) groups is 1. The fourth-order valence-electron chi connectivity index (χ4n) is 2.54. The maximum Gasteiger partial charge on any atom is 0.353 e. The van der Waals surface area contributed by atoms with Crippen molar-refractivity contribution in [2.45, 2.75) is 19.8 Å². The average molecular weight is 338 g/mol. The molecule has 2 N–H and O–H groups in total. The van der Waals surface area contributed by atoms with Crippen molar-refractivity contribution >= 4 is 40.3 Å². The molecule has 2 aromatic heterocycles. The molecule has 0 amide bonds. The maximum absolute atomic E-state index is 11.6. The number of rotatable bonds is 3. The maximum atomic E-state index is 11.6. The Bertz CT molecular complexity index is 857. The number of halogens is 2. The Morgan fingerprint density at radius 1 is 1.23 bits per heavy atom. The monoisotopic (exact) mass is 337 g/mol. The molecule has 0 radical (unpaired) electrons. The first-order chi connectivity index (χ1) is 10.4. The van der Waals surface area contributed by atoms with Gasteiger partial charge in [0.25, 0.3) is 0 Å². The van der Waals surface area contributed by atoms with Crippen molar-refractivity contribution in [2.24, 2.45) is 0 Å². The zero-order valence-corrected chi connectivity index (χ0v) is 13.4. The van der Waals surface area contributed by atoms with E-state index in [0.717, 1.165) is 5.56 Å². The van der Waals surface area contributed by atoms with Gasteiger partial charge in [0, 0.05) is 15.6 Å². The van der Waals surface area contributed by atoms with Crippen LogP contribution in [0.5, 0.6) is 0 Å². The molecule has 3 rings (SSSR count). The van der Waals surface area contributed by atoms with Crippen LogP contribution in [-0.2, 0) is 0 Å². The number of aromatic nitrogens is 1. The van der Waals surface area contributed by atoms with Crippen LogP contribution in [-0.4, -0.2) is 16.1 Å². The third-order valence-corrected chi connectivity index (χ3v) is 3.97. The van der Waals surface area contributed by atoms with Crippen LogP contribution in [0.3, 0.4) is 0 Å². The lowest BCUT2D eigenvalue weighted by molar-refractivity contribution is 0.0692. The van der Waals surface area contributed by atoms with Gasteiger partial charge in [-0.15, -0.1) is 0 Å². The topological polar surface area (TPSA) is 66.2 Å². The molecule has 0 fully saturated rings. The van der Waals surface area contributed by atoms with Gasteiger partial charge in [0.05, 0.1) is 17.3 Å². The number of hydrogen-bond donors (Lipinski definition) is 2. The Balaban J connectivity index is 2.35. The normalized spacial score (nSPS) is 11.5. The number of nitrogens with one attached hydrogen (secondary N) is 1. The highest BCUT2D eigenvalue weighted by atomic mass is 35.5. The van der Waals surface area contributed by atoms with Gasteiger partial charge < -0.3 is 14.5 Å². The summed E-state index contributed by atoms with van der Waals surface area (Å²) in [6, 6.07) is 4.93. The van der Waals surface area contributed by atoms with Gasteiger partial charge in [0.15, 0.2) is 5.58 Å². The van der Waals surface area contributed by atoms with E-state index in [1.54, 1.807) is 24.5 Å². The number of H-pyrrole nitrogens is 1. The molecule has 1 aromatic carbocycles. The third-order valence-electron chi connectivity index (χ3n) is 3.53. The molecule has 0 spiro atoms. The molecule has 3 aromatic rings. The molecule has 0 aliphatic rings. The molecule has 22 heavy (non-hydrogen) atoms. The van der Waals surface area contributed by atoms with Crippen LogP contribution >= 0.6 is 23.2 Å². The summed E-state index contributed by atoms with van der Waals surface area (Å²) in [4.78, 5) is 14.5. The van der Waals surface area contributed by atoms with E-state index in [9.17, 15) is 9.90 Å². The van der Waals surface area contributed by atoms with E-state index in [2.05, 4.69) is 4.98 Å². The number of aromatic carboxylic acids is 1. The Kier molecular flexibility index (Phi) is 3.67. The molecule has 0 atom stereocenters. The summed E-state index contributed by atoms with van der Waals surface area (Å²) in [7, 11) is 0. The summed E-state index contributed by atoms with van der Waals surface area (Å²) in [5.74, 6) is -0.857. The van der Waals surface area contributed by atoms with Crippen molar-refractivity contribution in [3.05, 3.63) is 45.8 Å². The number of furan rings is 1. The number of benzene rings is 1. The molecule has 0 unspecified atom stereocenters. The van der Waals surface area contributed by atoms with Crippen LogP contribution in [0.1, 0.15) is 35.8 Å². The van der Waals surface area contributed by atoms with Gasteiger partial charge >= 0.3 is 5.97 Å². The highest BCUT2D eigenvalue weighted by Gasteiger charge is 2.24. The van der Waals surface area contributed by atoms with Gasteiger partial charge in [-0.3, -0.25) is 0 Å². The van der Waals surface area contributed by atoms with Gasteiger partial charge in [-0.25, -0.2) is 4.79 Å². The SMILES string of the molecule is CC(C)c1coc2c(-c3cc(Cl)cc(Cl)c3)c(C(=O)O)[nH]c12. The Morgan fingerprint density at radius 3 is 2.41 bits per heavy atom. The van der Waals surface area contributed by atoms with Crippen molar-refractivity contribution in [3.8, 4) is 11.1 Å². The first kappa shape index (κ1) is 15.0. The van der Waals surface area contributed by atoms with Crippen LogP contribution in [0.25, 0.3) is 22.2 Å². The number of carboxylic acids is 1. The zero-order valence-electron chi connectivity index (χ0n) is 11.9. The molecule has 0 aliphatic heterocycles. The van der Waals surface area contributed by atoms with Crippen LogP contribution in [0.4, 0.5) is 0 Å². The minimum Gasteiger partial charge on any atom is -0.477 e. The molecule has 0 bridgehead atoms. The summed E-state index contributed by atoms with van der Waals surface area (Å²) in [6.45, 7) is 4.03. The van der Waals surface area contributed by atoms with Gasteiger partial charge in [-0.05, 0) is 29.7 Å². The summed E-state index contributed by atoms with van der Waals surface area (Å²) in [5, 5.41) is 10.3. The fraction of sp³-hybridized carbons (Fsp3) is 0.188. The van der Waals surface area contributed by atoms with Gasteiger partial charge in [-0.2, -0.15) is 0 Å². The van der Waals surface area contributed by atoms with Crippen molar-refractivity contribution in [1.29, 1.82) is 0 Å². The molecule has 2 heterocycles. The summed E-state index contributed by atoms with van der Waals surface area (Å²) in [6.07, 6.45) is 1.65. The van der Waals surface area contributed by atoms with E-state index in [4.69, 9.17) is 27.6 Å². The van der Waals surface area contributed by atoms with E-state index in [1.807, 2.05) is 13.8 Å². The summed E-state index contributed by atoms with van der Waals surface area (Å²) in [5.41, 5.74) is 3.24. The lowest BCUT2D eigenvalue weighted by Crippen LogP contribution is -1.99. The van der Waals surface area contributed by atoms with Crippen molar-refractivity contribution in [3.63, 3.8) is 0 Å². The predicted molar refractivity (Wildman–Crippen MR) is 87.1 cm³/mol. The van der Waals surface area contributed by atoms with Crippen LogP contribution in [0.15, 0.2) is 28.9 Å². The Hall–Kier alpha value is -1.91. The second-order valence-electron chi connectivity index (χ2n) is 5.39. The number of aromatic amines is 1. The lowest BCUT2D eigenvalue weighted by Gasteiger charge is -2.03. The Morgan fingerprint density at radius 2 is 1.86 bits per heavy atom. The first-order valence-corrected chi connectivity index (χ1v) is 7.47. The van der Waals surface area contributed by atoms with E-state index in [-0.39, 0.29) is 11.6 Å². The third kappa shape index (κ3) is 2.38. The van der Waals surface area contributed by atoms with E-state index < -0.39 is 5.97 Å². The number of hydrogen-bond acceptors (Lipinski definition) is 2. The molecule has 0 aliphatic carbocycles. The second-order valence-corrected chi connectivity index (χ2v) is 6.26. The standard InChI is InChI=1S/C16H13Cl2NO3/c1-7(2)11-6-22-15-12(14(16(20)21)19-13(11)15)8-3-9(17)5-10(18)4-8/h3-7,19H,1-2H3,(H,20,21). The first-order valence-electron chi connectivity index (χ1n) is 6.71. The molecule has 4 nitrogen and oxygen atoms in total.